The Hall–Kier alpha value is -1.77. The lowest BCUT2D eigenvalue weighted by molar-refractivity contribution is 0.184. The molecule has 2 aromatic rings. The quantitative estimate of drug-likeness (QED) is 0.723. The predicted molar refractivity (Wildman–Crippen MR) is 100 cm³/mol. The first-order valence-electron chi connectivity index (χ1n) is 9.17. The van der Waals surface area contributed by atoms with E-state index in [0.29, 0.717) is 26.1 Å². The number of ether oxygens (including phenoxy) is 1. The Morgan fingerprint density at radius 1 is 1.37 bits per heavy atom. The van der Waals surface area contributed by atoms with Gasteiger partial charge in [-0.25, -0.2) is 17.8 Å². The summed E-state index contributed by atoms with van der Waals surface area (Å²) in [6.45, 7) is 4.24. The fourth-order valence-electron chi connectivity index (χ4n) is 3.61. The van der Waals surface area contributed by atoms with Gasteiger partial charge in [-0.15, -0.1) is 0 Å². The first-order valence-corrected chi connectivity index (χ1v) is 10.6. The molecule has 1 fully saturated rings. The third-order valence-electron chi connectivity index (χ3n) is 5.04. The minimum absolute atomic E-state index is 0.0144. The average Bonchev–Trinajstić information content (AvgIpc) is 2.99. The minimum Gasteiger partial charge on any atom is -0.383 e. The third kappa shape index (κ3) is 4.56. The summed E-state index contributed by atoms with van der Waals surface area (Å²) in [4.78, 5) is 4.52. The Bertz CT molecular complexity index is 882. The molecule has 0 radical (unpaired) electrons. The molecule has 1 aromatic heterocycles. The number of hydrogen-bond acceptors (Lipinski definition) is 4. The minimum atomic E-state index is -3.68. The van der Waals surface area contributed by atoms with Crippen LogP contribution in [0.1, 0.15) is 24.4 Å². The maximum absolute atomic E-state index is 13.5. The Kier molecular flexibility index (Phi) is 6.29. The Labute approximate surface area is 160 Å². The zero-order valence-electron chi connectivity index (χ0n) is 15.8. The number of rotatable bonds is 7. The normalized spacial score (nSPS) is 18.7. The average molecular weight is 396 g/mol. The number of nitrogens with zero attached hydrogens (tertiary/aromatic N) is 3. The second-order valence-electron chi connectivity index (χ2n) is 6.99. The highest BCUT2D eigenvalue weighted by atomic mass is 32.2. The van der Waals surface area contributed by atoms with Gasteiger partial charge in [0.2, 0.25) is 10.0 Å². The van der Waals surface area contributed by atoms with Gasteiger partial charge in [0.25, 0.3) is 0 Å². The maximum Gasteiger partial charge on any atom is 0.243 e. The highest BCUT2D eigenvalue weighted by Gasteiger charge is 2.31. The van der Waals surface area contributed by atoms with Crippen molar-refractivity contribution in [3.05, 3.63) is 47.8 Å². The summed E-state index contributed by atoms with van der Waals surface area (Å²) in [5.74, 6) is 0.602. The number of methoxy groups -OCH3 is 1. The number of piperidine rings is 1. The van der Waals surface area contributed by atoms with Gasteiger partial charge in [-0.05, 0) is 43.9 Å². The van der Waals surface area contributed by atoms with Gasteiger partial charge in [0.05, 0.1) is 11.5 Å². The lowest BCUT2D eigenvalue weighted by Gasteiger charge is -2.32. The highest BCUT2D eigenvalue weighted by Crippen LogP contribution is 2.26. The number of benzene rings is 1. The molecule has 1 atom stereocenters. The number of aryl methyl sites for hydroxylation is 1. The van der Waals surface area contributed by atoms with E-state index in [1.807, 2.05) is 13.1 Å². The summed E-state index contributed by atoms with van der Waals surface area (Å²) in [6, 6.07) is 5.21. The van der Waals surface area contributed by atoms with Crippen molar-refractivity contribution < 1.29 is 17.5 Å². The first-order chi connectivity index (χ1) is 12.9. The number of hydrogen-bond donors (Lipinski definition) is 0. The number of sulfonamides is 1. The van der Waals surface area contributed by atoms with Crippen molar-refractivity contribution in [2.24, 2.45) is 5.92 Å². The molecule has 148 valence electrons. The van der Waals surface area contributed by atoms with Crippen molar-refractivity contribution in [3.8, 4) is 0 Å². The molecular formula is C19H26FN3O3S. The fraction of sp³-hybridized carbons (Fsp3) is 0.526. The van der Waals surface area contributed by atoms with Gasteiger partial charge in [0.15, 0.2) is 0 Å². The largest absolute Gasteiger partial charge is 0.383 e. The molecule has 1 saturated heterocycles. The van der Waals surface area contributed by atoms with E-state index in [-0.39, 0.29) is 10.8 Å². The molecule has 1 aliphatic heterocycles. The third-order valence-corrected chi connectivity index (χ3v) is 6.90. The van der Waals surface area contributed by atoms with Crippen molar-refractivity contribution in [3.63, 3.8) is 0 Å². The van der Waals surface area contributed by atoms with E-state index >= 15 is 0 Å². The highest BCUT2D eigenvalue weighted by molar-refractivity contribution is 7.89. The molecule has 0 spiro atoms. The van der Waals surface area contributed by atoms with Crippen LogP contribution < -0.4 is 0 Å². The molecule has 2 heterocycles. The summed E-state index contributed by atoms with van der Waals surface area (Å²) in [6.07, 6.45) is 4.30. The summed E-state index contributed by atoms with van der Waals surface area (Å²) >= 11 is 0. The maximum atomic E-state index is 13.5. The number of aromatic nitrogens is 2. The van der Waals surface area contributed by atoms with Crippen molar-refractivity contribution in [2.45, 2.75) is 37.6 Å². The van der Waals surface area contributed by atoms with Crippen LogP contribution in [0.3, 0.4) is 0 Å². The topological polar surface area (TPSA) is 64.4 Å². The van der Waals surface area contributed by atoms with Crippen LogP contribution in [0.2, 0.25) is 0 Å². The Balaban J connectivity index is 1.73. The van der Waals surface area contributed by atoms with Gasteiger partial charge in [0, 0.05) is 45.1 Å². The van der Waals surface area contributed by atoms with Gasteiger partial charge in [-0.1, -0.05) is 6.07 Å². The molecular weight excluding hydrogens is 369 g/mol. The van der Waals surface area contributed by atoms with E-state index in [4.69, 9.17) is 4.74 Å². The van der Waals surface area contributed by atoms with Gasteiger partial charge in [-0.3, -0.25) is 0 Å². The molecule has 6 nitrogen and oxygen atoms in total. The van der Waals surface area contributed by atoms with Crippen molar-refractivity contribution in [2.75, 3.05) is 26.8 Å². The van der Waals surface area contributed by atoms with Gasteiger partial charge < -0.3 is 9.30 Å². The van der Waals surface area contributed by atoms with E-state index in [0.717, 1.165) is 37.0 Å². The Morgan fingerprint density at radius 3 is 2.93 bits per heavy atom. The lowest BCUT2D eigenvalue weighted by Crippen LogP contribution is -2.40. The summed E-state index contributed by atoms with van der Waals surface area (Å²) in [5.41, 5.74) is 1.07. The summed E-state index contributed by atoms with van der Waals surface area (Å²) < 4.78 is 48.0. The second-order valence-corrected chi connectivity index (χ2v) is 8.93. The predicted octanol–water partition coefficient (Wildman–Crippen LogP) is 2.62. The van der Waals surface area contributed by atoms with E-state index in [1.165, 1.54) is 22.5 Å². The molecule has 0 bridgehead atoms. The first kappa shape index (κ1) is 20.0. The SMILES string of the molecule is COCCn1c(C)cnc1CC1CCCN(S(=O)(=O)c2cccc(F)c2)C1. The standard InChI is InChI=1S/C19H26FN3O3S/c1-15-13-21-19(23(15)9-10-26-2)11-16-5-4-8-22(14-16)27(24,25)18-7-3-6-17(20)12-18/h3,6-7,12-13,16H,4-5,8-11,14H2,1-2H3. The number of halogens is 1. The molecule has 8 heteroatoms. The zero-order valence-corrected chi connectivity index (χ0v) is 16.6. The second kappa shape index (κ2) is 8.50. The van der Waals surface area contributed by atoms with E-state index in [2.05, 4.69) is 9.55 Å². The van der Waals surface area contributed by atoms with Crippen LogP contribution in [0.15, 0.2) is 35.4 Å². The van der Waals surface area contributed by atoms with Crippen LogP contribution in [0.5, 0.6) is 0 Å². The van der Waals surface area contributed by atoms with Crippen molar-refractivity contribution in [1.82, 2.24) is 13.9 Å². The Morgan fingerprint density at radius 2 is 2.19 bits per heavy atom. The van der Waals surface area contributed by atoms with Gasteiger partial charge in [0.1, 0.15) is 11.6 Å². The molecule has 1 aromatic carbocycles. The van der Waals surface area contributed by atoms with Crippen LogP contribution in [0.25, 0.3) is 0 Å². The molecule has 0 N–H and O–H groups in total. The van der Waals surface area contributed by atoms with E-state index < -0.39 is 15.8 Å². The molecule has 0 amide bonds. The lowest BCUT2D eigenvalue weighted by atomic mass is 9.96. The van der Waals surface area contributed by atoms with Crippen LogP contribution >= 0.6 is 0 Å². The van der Waals surface area contributed by atoms with Gasteiger partial charge in [-0.2, -0.15) is 4.31 Å². The number of imidazole rings is 1. The van der Waals surface area contributed by atoms with Crippen LogP contribution in [0, 0.1) is 18.7 Å². The van der Waals surface area contributed by atoms with Crippen LogP contribution in [-0.2, 0) is 27.7 Å². The van der Waals surface area contributed by atoms with Crippen molar-refractivity contribution in [1.29, 1.82) is 0 Å². The van der Waals surface area contributed by atoms with E-state index in [1.54, 1.807) is 7.11 Å². The van der Waals surface area contributed by atoms with E-state index in [9.17, 15) is 12.8 Å². The van der Waals surface area contributed by atoms with Crippen LogP contribution in [-0.4, -0.2) is 49.1 Å². The molecule has 0 aliphatic carbocycles. The molecule has 3 rings (SSSR count). The molecule has 1 unspecified atom stereocenters. The summed E-state index contributed by atoms with van der Waals surface area (Å²) in [7, 11) is -2.01. The summed E-state index contributed by atoms with van der Waals surface area (Å²) in [5, 5.41) is 0. The zero-order chi connectivity index (χ0) is 19.4. The van der Waals surface area contributed by atoms with Gasteiger partial charge >= 0.3 is 0 Å². The van der Waals surface area contributed by atoms with Crippen LogP contribution in [0.4, 0.5) is 4.39 Å². The van der Waals surface area contributed by atoms with Crippen molar-refractivity contribution >= 4 is 10.0 Å². The monoisotopic (exact) mass is 395 g/mol. The molecule has 1 aliphatic rings. The fourth-order valence-corrected chi connectivity index (χ4v) is 5.19. The molecule has 0 saturated carbocycles. The molecule has 27 heavy (non-hydrogen) atoms. The smallest absolute Gasteiger partial charge is 0.243 e.